The molecule has 0 aliphatic heterocycles. The van der Waals surface area contributed by atoms with Crippen LogP contribution in [0.3, 0.4) is 0 Å². The van der Waals surface area contributed by atoms with Crippen molar-refractivity contribution in [3.63, 3.8) is 0 Å². The summed E-state index contributed by atoms with van der Waals surface area (Å²) in [7, 11) is 0. The Kier molecular flexibility index (Phi) is 2.55. The lowest BCUT2D eigenvalue weighted by atomic mass is 10.2. The normalized spacial score (nSPS) is 10.4. The summed E-state index contributed by atoms with van der Waals surface area (Å²) in [6.45, 7) is 2.02. The molecule has 1 aromatic heterocycles. The van der Waals surface area contributed by atoms with Gasteiger partial charge >= 0.3 is 0 Å². The Labute approximate surface area is 88.1 Å². The van der Waals surface area contributed by atoms with Gasteiger partial charge in [-0.1, -0.05) is 12.1 Å². The average Bonchev–Trinajstić information content (AvgIpc) is 2.65. The van der Waals surface area contributed by atoms with Gasteiger partial charge < -0.3 is 0 Å². The van der Waals surface area contributed by atoms with Crippen molar-refractivity contribution in [2.45, 2.75) is 12.8 Å². The van der Waals surface area contributed by atoms with Crippen LogP contribution in [0.4, 0.5) is 0 Å². The lowest BCUT2D eigenvalue weighted by molar-refractivity contribution is 0.879. The Morgan fingerprint density at radius 2 is 2.00 bits per heavy atom. The molecule has 0 N–H and O–H groups in total. The van der Waals surface area contributed by atoms with Crippen molar-refractivity contribution >= 4 is 11.6 Å². The predicted octanol–water partition coefficient (Wildman–Crippen LogP) is 2.92. The molecule has 0 fully saturated rings. The molecule has 3 heteroatoms. The molecule has 14 heavy (non-hydrogen) atoms. The van der Waals surface area contributed by atoms with Crippen LogP contribution in [0.2, 0.25) is 0 Å². The van der Waals surface area contributed by atoms with Crippen LogP contribution in [0.5, 0.6) is 0 Å². The van der Waals surface area contributed by atoms with Gasteiger partial charge in [0.2, 0.25) is 0 Å². The summed E-state index contributed by atoms with van der Waals surface area (Å²) in [5.74, 6) is 0.554. The molecule has 0 spiro atoms. The second-order valence-electron chi connectivity index (χ2n) is 3.26. The third-order valence-electron chi connectivity index (χ3n) is 2.07. The van der Waals surface area contributed by atoms with Crippen molar-refractivity contribution in [2.75, 3.05) is 0 Å². The van der Waals surface area contributed by atoms with Crippen molar-refractivity contribution in [1.29, 1.82) is 0 Å². The summed E-state index contributed by atoms with van der Waals surface area (Å²) in [5.41, 5.74) is 3.35. The SMILES string of the molecule is Cc1cnn(-c2ccc(CCl)cc2)c1. The number of halogens is 1. The number of hydrogen-bond donors (Lipinski definition) is 0. The van der Waals surface area contributed by atoms with Gasteiger partial charge in [-0.3, -0.25) is 0 Å². The fraction of sp³-hybridized carbons (Fsp3) is 0.182. The maximum atomic E-state index is 5.71. The summed E-state index contributed by atoms with van der Waals surface area (Å²) in [5, 5.41) is 4.23. The van der Waals surface area contributed by atoms with E-state index in [0.717, 1.165) is 16.8 Å². The van der Waals surface area contributed by atoms with Crippen LogP contribution < -0.4 is 0 Å². The van der Waals surface area contributed by atoms with E-state index in [1.165, 1.54) is 0 Å². The zero-order valence-corrected chi connectivity index (χ0v) is 8.70. The molecule has 0 atom stereocenters. The average molecular weight is 207 g/mol. The molecule has 2 rings (SSSR count). The molecule has 0 aliphatic carbocycles. The molecule has 0 aliphatic rings. The van der Waals surface area contributed by atoms with Crippen LogP contribution in [0.1, 0.15) is 11.1 Å². The van der Waals surface area contributed by atoms with E-state index < -0.39 is 0 Å². The van der Waals surface area contributed by atoms with Gasteiger partial charge in [-0.15, -0.1) is 11.6 Å². The summed E-state index contributed by atoms with van der Waals surface area (Å²) >= 11 is 5.71. The summed E-state index contributed by atoms with van der Waals surface area (Å²) in [6.07, 6.45) is 3.84. The minimum absolute atomic E-state index is 0.554. The highest BCUT2D eigenvalue weighted by atomic mass is 35.5. The summed E-state index contributed by atoms with van der Waals surface area (Å²) in [4.78, 5) is 0. The molecule has 0 unspecified atom stereocenters. The molecule has 1 aromatic carbocycles. The standard InChI is InChI=1S/C11H11ClN2/c1-9-7-13-14(8-9)11-4-2-10(6-12)3-5-11/h2-5,7-8H,6H2,1H3. The molecule has 0 bridgehead atoms. The second kappa shape index (κ2) is 3.84. The van der Waals surface area contributed by atoms with Gasteiger partial charge in [0.05, 0.1) is 11.9 Å². The monoisotopic (exact) mass is 206 g/mol. The molecule has 0 saturated carbocycles. The number of rotatable bonds is 2. The number of aryl methyl sites for hydroxylation is 1. The quantitative estimate of drug-likeness (QED) is 0.691. The third kappa shape index (κ3) is 1.80. The van der Waals surface area contributed by atoms with E-state index in [2.05, 4.69) is 5.10 Å². The van der Waals surface area contributed by atoms with Crippen LogP contribution in [0.15, 0.2) is 36.7 Å². The van der Waals surface area contributed by atoms with E-state index in [1.54, 1.807) is 0 Å². The highest BCUT2D eigenvalue weighted by Crippen LogP contribution is 2.11. The largest absolute Gasteiger partial charge is 0.241 e. The van der Waals surface area contributed by atoms with Gasteiger partial charge in [0.1, 0.15) is 0 Å². The van der Waals surface area contributed by atoms with Gasteiger partial charge in [0, 0.05) is 12.1 Å². The van der Waals surface area contributed by atoms with Gasteiger partial charge in [0.15, 0.2) is 0 Å². The molecular weight excluding hydrogens is 196 g/mol. The molecule has 0 saturated heterocycles. The smallest absolute Gasteiger partial charge is 0.0645 e. The predicted molar refractivity (Wildman–Crippen MR) is 57.9 cm³/mol. The first-order valence-electron chi connectivity index (χ1n) is 4.46. The molecule has 2 aromatic rings. The first kappa shape index (κ1) is 9.28. The van der Waals surface area contributed by atoms with Crippen molar-refractivity contribution in [2.24, 2.45) is 0 Å². The molecule has 0 amide bonds. The van der Waals surface area contributed by atoms with Crippen LogP contribution in [0, 0.1) is 6.92 Å². The maximum Gasteiger partial charge on any atom is 0.0645 e. The van der Waals surface area contributed by atoms with Crippen molar-refractivity contribution in [3.8, 4) is 5.69 Å². The van der Waals surface area contributed by atoms with Crippen molar-refractivity contribution in [3.05, 3.63) is 47.8 Å². The van der Waals surface area contributed by atoms with Crippen LogP contribution in [-0.4, -0.2) is 9.78 Å². The van der Waals surface area contributed by atoms with E-state index in [4.69, 9.17) is 11.6 Å². The molecule has 1 heterocycles. The topological polar surface area (TPSA) is 17.8 Å². The van der Waals surface area contributed by atoms with Crippen molar-refractivity contribution in [1.82, 2.24) is 9.78 Å². The summed E-state index contributed by atoms with van der Waals surface area (Å²) in [6, 6.07) is 8.06. The van der Waals surface area contributed by atoms with Crippen LogP contribution in [0.25, 0.3) is 5.69 Å². The summed E-state index contributed by atoms with van der Waals surface area (Å²) < 4.78 is 1.85. The van der Waals surface area contributed by atoms with E-state index in [9.17, 15) is 0 Å². The number of alkyl halides is 1. The Hall–Kier alpha value is -1.28. The first-order chi connectivity index (χ1) is 6.79. The minimum atomic E-state index is 0.554. The zero-order valence-electron chi connectivity index (χ0n) is 7.94. The third-order valence-corrected chi connectivity index (χ3v) is 2.38. The fourth-order valence-corrected chi connectivity index (χ4v) is 1.47. The molecule has 72 valence electrons. The van der Waals surface area contributed by atoms with E-state index in [0.29, 0.717) is 5.88 Å². The Morgan fingerprint density at radius 3 is 2.50 bits per heavy atom. The highest BCUT2D eigenvalue weighted by Gasteiger charge is 1.97. The maximum absolute atomic E-state index is 5.71. The van der Waals surface area contributed by atoms with E-state index >= 15 is 0 Å². The Balaban J connectivity index is 2.33. The van der Waals surface area contributed by atoms with Gasteiger partial charge in [-0.25, -0.2) is 4.68 Å². The molecule has 2 nitrogen and oxygen atoms in total. The van der Waals surface area contributed by atoms with E-state index in [1.807, 2.05) is 48.3 Å². The molecular formula is C11H11ClN2. The Morgan fingerprint density at radius 1 is 1.29 bits per heavy atom. The number of benzene rings is 1. The first-order valence-corrected chi connectivity index (χ1v) is 4.99. The molecule has 0 radical (unpaired) electrons. The van der Waals surface area contributed by atoms with E-state index in [-0.39, 0.29) is 0 Å². The van der Waals surface area contributed by atoms with Gasteiger partial charge in [-0.05, 0) is 30.2 Å². The Bertz CT molecular complexity index is 417. The number of aromatic nitrogens is 2. The van der Waals surface area contributed by atoms with Crippen LogP contribution >= 0.6 is 11.6 Å². The second-order valence-corrected chi connectivity index (χ2v) is 3.53. The van der Waals surface area contributed by atoms with Crippen molar-refractivity contribution < 1.29 is 0 Å². The van der Waals surface area contributed by atoms with Crippen LogP contribution in [-0.2, 0) is 5.88 Å². The van der Waals surface area contributed by atoms with Gasteiger partial charge in [-0.2, -0.15) is 5.10 Å². The number of nitrogens with zero attached hydrogens (tertiary/aromatic N) is 2. The lowest BCUT2D eigenvalue weighted by Gasteiger charge is -2.01. The van der Waals surface area contributed by atoms with Gasteiger partial charge in [0.25, 0.3) is 0 Å². The lowest BCUT2D eigenvalue weighted by Crippen LogP contribution is -1.93. The zero-order chi connectivity index (χ0) is 9.97. The highest BCUT2D eigenvalue weighted by molar-refractivity contribution is 6.17. The fourth-order valence-electron chi connectivity index (χ4n) is 1.29. The minimum Gasteiger partial charge on any atom is -0.241 e. The number of hydrogen-bond acceptors (Lipinski definition) is 1.